The van der Waals surface area contributed by atoms with Gasteiger partial charge in [-0.2, -0.15) is 0 Å². The number of hydrogen-bond donors (Lipinski definition) is 6. The van der Waals surface area contributed by atoms with Crippen molar-refractivity contribution in [2.24, 2.45) is 0 Å². The highest BCUT2D eigenvalue weighted by Gasteiger charge is 2.36. The first-order chi connectivity index (χ1) is 51.4. The number of imide groups is 2. The maximum absolute atomic E-state index is 13.7. The zero-order valence-corrected chi connectivity index (χ0v) is 59.4. The van der Waals surface area contributed by atoms with E-state index in [4.69, 9.17) is 25.8 Å². The van der Waals surface area contributed by atoms with Crippen molar-refractivity contribution in [1.82, 2.24) is 25.2 Å². The van der Waals surface area contributed by atoms with Crippen molar-refractivity contribution < 1.29 is 73.9 Å². The fourth-order valence-corrected chi connectivity index (χ4v) is 16.6. The van der Waals surface area contributed by atoms with Crippen LogP contribution in [0.25, 0.3) is 49.5 Å². The molecule has 8 heterocycles. The van der Waals surface area contributed by atoms with Crippen LogP contribution in [0.2, 0.25) is 0 Å². The number of carboxylic acids is 1. The number of nitrogens with one attached hydrogen (secondary N) is 5. The lowest BCUT2D eigenvalue weighted by Gasteiger charge is -2.40. The first kappa shape index (κ1) is 71.2. The summed E-state index contributed by atoms with van der Waals surface area (Å²) in [5, 5.41) is 21.9. The lowest BCUT2D eigenvalue weighted by Crippen LogP contribution is -2.43. The Morgan fingerprint density at radius 1 is 0.766 bits per heavy atom. The van der Waals surface area contributed by atoms with Gasteiger partial charge >= 0.3 is 5.97 Å². The number of carbonyl (C=O) groups excluding carboxylic acids is 7. The summed E-state index contributed by atoms with van der Waals surface area (Å²) in [6, 6.07) is 38.9. The van der Waals surface area contributed by atoms with E-state index in [1.165, 1.54) is 96.2 Å². The third kappa shape index (κ3) is 14.4. The van der Waals surface area contributed by atoms with E-state index in [9.17, 15) is 60.3 Å². The van der Waals surface area contributed by atoms with E-state index in [0.717, 1.165) is 64.6 Å². The Morgan fingerprint density at radius 2 is 1.47 bits per heavy atom. The molecule has 4 aromatic heterocycles. The molecule has 107 heavy (non-hydrogen) atoms. The summed E-state index contributed by atoms with van der Waals surface area (Å²) in [5.41, 5.74) is 8.84. The number of aromatic carboxylic acids is 1. The first-order valence-corrected chi connectivity index (χ1v) is 36.8. The molecule has 7 aromatic carbocycles. The number of ketones is 1. The summed E-state index contributed by atoms with van der Waals surface area (Å²) >= 11 is 5.10. The van der Waals surface area contributed by atoms with E-state index in [0.29, 0.717) is 97.3 Å². The minimum absolute atomic E-state index is 0.0127. The van der Waals surface area contributed by atoms with E-state index < -0.39 is 55.4 Å². The molecule has 17 rings (SSSR count). The van der Waals surface area contributed by atoms with Crippen LogP contribution >= 0.6 is 12.2 Å². The number of methoxy groups -OCH3 is 1. The van der Waals surface area contributed by atoms with E-state index in [1.807, 2.05) is 24.3 Å². The number of likely N-dealkylation sites (N-methyl/N-ethyl adjacent to an activating group) is 1. The number of sulfone groups is 1. The number of thiocarbonyl (C=S) groups is 1. The average Bonchev–Trinajstić information content (AvgIpc) is 1.64. The zero-order valence-electron chi connectivity index (χ0n) is 57.0. The molecule has 26 nitrogen and oxygen atoms in total. The molecule has 4 aliphatic heterocycles. The van der Waals surface area contributed by atoms with Gasteiger partial charge in [-0.05, 0) is 141 Å². The fourth-order valence-electron chi connectivity index (χ4n) is 13.9. The molecule has 0 saturated heterocycles. The largest absolute Gasteiger partial charge is 0.481 e. The number of benzene rings is 7. The predicted molar refractivity (Wildman–Crippen MR) is 403 cm³/mol. The number of fused-ring (bicyclic) bond motifs is 7. The SMILES string of the molecule is CC1=C[C@@H]2c3cccc4[nH]cc(c34)CC2N(C)C1.COc1cc(CS(=O)(=O)c2ccc(NC(=S)NC(=O)/C=C/c3ccco3)cc2)ncn1.O=C(O)c1cc(N2C(=O)C=CC2=O)cc(N2C(=O)C=CC2=O)c1.O=C1CCCc2oc3c(cc(NS(=O)(=O)c4ccc5c6c(cccc46)C(=O)N5)c4ccccc43)c21. The molecule has 6 N–H and O–H groups in total. The topological polar surface area (TPSA) is 360 Å². The number of aromatic amines is 1. The van der Waals surface area contributed by atoms with Crippen molar-refractivity contribution in [2.45, 2.75) is 60.1 Å². The number of carboxylic acid groups (broad SMARTS) is 1. The number of anilines is 5. The van der Waals surface area contributed by atoms with Crippen LogP contribution in [-0.4, -0.2) is 121 Å². The molecule has 6 amide bonds. The van der Waals surface area contributed by atoms with Crippen LogP contribution < -0.4 is 35.2 Å². The number of nitrogens with zero attached hydrogens (tertiary/aromatic N) is 5. The maximum atomic E-state index is 13.7. The Kier molecular flexibility index (Phi) is 19.3. The van der Waals surface area contributed by atoms with Crippen molar-refractivity contribution in [3.05, 3.63) is 245 Å². The first-order valence-electron chi connectivity index (χ1n) is 33.3. The second-order valence-electron chi connectivity index (χ2n) is 25.6. The monoisotopic (exact) mass is 1490 g/mol. The van der Waals surface area contributed by atoms with Crippen LogP contribution in [0.15, 0.2) is 219 Å². The van der Waals surface area contributed by atoms with Gasteiger partial charge < -0.3 is 34.3 Å². The minimum atomic E-state index is -4.05. The molecule has 0 saturated carbocycles. The number of furan rings is 2. The van der Waals surface area contributed by atoms with Crippen LogP contribution in [0.3, 0.4) is 0 Å². The molecule has 538 valence electrons. The van der Waals surface area contributed by atoms with E-state index in [1.54, 1.807) is 54.6 Å². The van der Waals surface area contributed by atoms with Crippen molar-refractivity contribution in [3.8, 4) is 5.88 Å². The molecule has 2 atom stereocenters. The van der Waals surface area contributed by atoms with Gasteiger partial charge in [0.15, 0.2) is 20.7 Å². The minimum Gasteiger partial charge on any atom is -0.481 e. The Balaban J connectivity index is 0.000000123. The van der Waals surface area contributed by atoms with Crippen LogP contribution in [-0.2, 0) is 62.4 Å². The second kappa shape index (κ2) is 29.0. The number of hydrogen-bond acceptors (Lipinski definition) is 19. The van der Waals surface area contributed by atoms with Crippen LogP contribution in [0.5, 0.6) is 5.88 Å². The predicted octanol–water partition coefficient (Wildman–Crippen LogP) is 11.5. The van der Waals surface area contributed by atoms with E-state index in [2.05, 4.69) is 85.0 Å². The highest BCUT2D eigenvalue weighted by atomic mass is 32.2. The summed E-state index contributed by atoms with van der Waals surface area (Å²) < 4.78 is 71.6. The molecular weight excluding hydrogens is 1430 g/mol. The van der Waals surface area contributed by atoms with Crippen LogP contribution in [0.1, 0.15) is 85.1 Å². The van der Waals surface area contributed by atoms with E-state index >= 15 is 0 Å². The number of amides is 6. The van der Waals surface area contributed by atoms with E-state index in [-0.39, 0.29) is 55.2 Å². The zero-order chi connectivity index (χ0) is 75.2. The van der Waals surface area contributed by atoms with Gasteiger partial charge in [-0.15, -0.1) is 0 Å². The third-order valence-electron chi connectivity index (χ3n) is 18.6. The van der Waals surface area contributed by atoms with Gasteiger partial charge in [0.1, 0.15) is 23.4 Å². The molecule has 0 radical (unpaired) electrons. The fraction of sp³-hybridized carbons (Fsp3) is 0.141. The molecule has 1 unspecified atom stereocenters. The van der Waals surface area contributed by atoms with Crippen LogP contribution in [0, 0.1) is 0 Å². The maximum Gasteiger partial charge on any atom is 0.335 e. The summed E-state index contributed by atoms with van der Waals surface area (Å²) in [5.74, 6) is -2.81. The lowest BCUT2D eigenvalue weighted by atomic mass is 9.77. The summed E-state index contributed by atoms with van der Waals surface area (Å²) in [6.45, 7) is 3.36. The molecule has 11 aromatic rings. The molecule has 0 fully saturated rings. The number of aromatic nitrogens is 3. The highest BCUT2D eigenvalue weighted by Crippen LogP contribution is 2.44. The van der Waals surface area contributed by atoms with Gasteiger partial charge in [-0.1, -0.05) is 60.2 Å². The highest BCUT2D eigenvalue weighted by molar-refractivity contribution is 7.93. The quantitative estimate of drug-likeness (QED) is 0.0270. The lowest BCUT2D eigenvalue weighted by molar-refractivity contribution is -0.121. The van der Waals surface area contributed by atoms with Gasteiger partial charge in [-0.3, -0.25) is 48.5 Å². The number of ether oxygens (including phenoxy) is 1. The Labute approximate surface area is 615 Å². The number of Topliss-reactive ketones (excluding diaryl/α,β-unsaturated/α-hetero) is 1. The second-order valence-corrected chi connectivity index (χ2v) is 29.6. The molecule has 6 aliphatic rings. The number of sulfonamides is 1. The van der Waals surface area contributed by atoms with Crippen molar-refractivity contribution in [1.29, 1.82) is 0 Å². The summed E-state index contributed by atoms with van der Waals surface area (Å²) in [4.78, 5) is 111. The third-order valence-corrected chi connectivity index (χ3v) is 21.9. The Morgan fingerprint density at radius 3 is 2.16 bits per heavy atom. The molecule has 2 aliphatic carbocycles. The van der Waals surface area contributed by atoms with Crippen molar-refractivity contribution in [3.63, 3.8) is 0 Å². The normalized spacial score (nSPS) is 16.4. The van der Waals surface area contributed by atoms with Gasteiger partial charge in [0.2, 0.25) is 11.8 Å². The number of carbonyl (C=O) groups is 8. The Bertz CT molecular complexity index is 5880. The summed E-state index contributed by atoms with van der Waals surface area (Å²) in [6.07, 6.45) is 17.4. The summed E-state index contributed by atoms with van der Waals surface area (Å²) in [7, 11) is -3.98. The number of rotatable bonds is 13. The van der Waals surface area contributed by atoms with Crippen molar-refractivity contribution in [2.75, 3.05) is 45.9 Å². The Hall–Kier alpha value is -12.8. The van der Waals surface area contributed by atoms with Crippen LogP contribution in [0.4, 0.5) is 28.4 Å². The van der Waals surface area contributed by atoms with Gasteiger partial charge in [0.25, 0.3) is 39.6 Å². The van der Waals surface area contributed by atoms with Gasteiger partial charge in [0, 0.05) is 129 Å². The standard InChI is InChI=1S/C27H18N2O5S.C20H18N4O5S2.C16H18N2.C15H8N2O6/c30-21-9-4-10-22-25(21)18-13-20(14-5-1-2-6-15(14)26(18)34-22)29-35(32,33)23-12-11-19-24-16(23)7-3-8-17(24)27(31)28-19;1-28-19-11-15(21-13-22-19)12-31(26,27)17-7-4-14(5-8-17)23-20(30)24-18(25)9-6-16-3-2-10-29-16;1-10-6-13-12-4-3-5-14-16(12)11(8-17-14)7-15(13)18(2)9-10;18-11-1-2-12(19)16(11)9-5-8(15(22)23)6-10(7-9)17-13(20)3-4-14(17)21/h1-3,5-8,11-13,29H,4,9-10H2,(H,28,31);2-11,13H,12H2,1H3,(H2,23,24,25,30);3-6,8,13,15,17H,7,9H2,1-2H3;1-7H,(H,22,23)/b;9-6+;;/t;;13-,15?;/m..1./s1. The molecular formula is C78H62N10O16S3. The van der Waals surface area contributed by atoms with Gasteiger partial charge in [0.05, 0.1) is 62.8 Å². The number of H-pyrrole nitrogens is 1. The smallest absolute Gasteiger partial charge is 0.335 e. The molecule has 0 bridgehead atoms. The van der Waals surface area contributed by atoms with Gasteiger partial charge in [-0.25, -0.2) is 41.4 Å². The molecule has 29 heteroatoms. The van der Waals surface area contributed by atoms with Crippen molar-refractivity contribution >= 4 is 162 Å². The average molecular weight is 1490 g/mol. The molecule has 0 spiro atoms. The number of aryl methyl sites for hydroxylation is 1.